The highest BCUT2D eigenvalue weighted by molar-refractivity contribution is 5.94. The second kappa shape index (κ2) is 4.66. The maximum absolute atomic E-state index is 4.71. The summed E-state index contributed by atoms with van der Waals surface area (Å²) in [5, 5.41) is 13.0. The highest BCUT2D eigenvalue weighted by Gasteiger charge is 2.15. The monoisotopic (exact) mass is 291 g/mol. The van der Waals surface area contributed by atoms with E-state index in [1.54, 1.807) is 0 Å². The standard InChI is InChI=1S/C17H17N5/c1-4-22-17(16-14(21-22)6-5-11(3)19-16)12-7-10(2)15-13(8-12)9-18-20-15/h5-9H,4H2,1-3H3,(H,18,20). The molecule has 5 heteroatoms. The van der Waals surface area contributed by atoms with Gasteiger partial charge in [-0.05, 0) is 50.6 Å². The van der Waals surface area contributed by atoms with Gasteiger partial charge in [0.2, 0.25) is 0 Å². The number of nitrogens with one attached hydrogen (secondary N) is 1. The minimum atomic E-state index is 0.813. The molecule has 4 aromatic rings. The third-order valence-corrected chi connectivity index (χ3v) is 4.04. The van der Waals surface area contributed by atoms with Crippen LogP contribution in [-0.4, -0.2) is 25.0 Å². The van der Waals surface area contributed by atoms with E-state index in [4.69, 9.17) is 4.98 Å². The Morgan fingerprint density at radius 2 is 2.05 bits per heavy atom. The van der Waals surface area contributed by atoms with E-state index in [9.17, 15) is 0 Å². The van der Waals surface area contributed by atoms with Gasteiger partial charge in [0, 0.05) is 23.2 Å². The van der Waals surface area contributed by atoms with Crippen molar-refractivity contribution in [3.05, 3.63) is 41.7 Å². The maximum atomic E-state index is 4.71. The van der Waals surface area contributed by atoms with E-state index >= 15 is 0 Å². The van der Waals surface area contributed by atoms with Crippen LogP contribution in [0.2, 0.25) is 0 Å². The molecule has 0 fully saturated rings. The fourth-order valence-corrected chi connectivity index (χ4v) is 2.99. The Balaban J connectivity index is 2.07. The van der Waals surface area contributed by atoms with Gasteiger partial charge >= 0.3 is 0 Å². The fraction of sp³-hybridized carbons (Fsp3) is 0.235. The first kappa shape index (κ1) is 13.0. The Labute approximate surface area is 128 Å². The van der Waals surface area contributed by atoms with E-state index in [2.05, 4.69) is 41.3 Å². The van der Waals surface area contributed by atoms with Gasteiger partial charge in [-0.1, -0.05) is 0 Å². The van der Waals surface area contributed by atoms with E-state index in [0.717, 1.165) is 45.4 Å². The number of rotatable bonds is 2. The molecule has 5 nitrogen and oxygen atoms in total. The van der Waals surface area contributed by atoms with Gasteiger partial charge in [0.25, 0.3) is 0 Å². The Bertz CT molecular complexity index is 993. The van der Waals surface area contributed by atoms with Crippen molar-refractivity contribution in [1.29, 1.82) is 0 Å². The highest BCUT2D eigenvalue weighted by atomic mass is 15.3. The van der Waals surface area contributed by atoms with Crippen molar-refractivity contribution < 1.29 is 0 Å². The third-order valence-electron chi connectivity index (χ3n) is 4.04. The minimum Gasteiger partial charge on any atom is -0.278 e. The molecule has 1 N–H and O–H groups in total. The van der Waals surface area contributed by atoms with Gasteiger partial charge < -0.3 is 0 Å². The van der Waals surface area contributed by atoms with Gasteiger partial charge in [-0.2, -0.15) is 10.2 Å². The zero-order chi connectivity index (χ0) is 15.3. The van der Waals surface area contributed by atoms with Crippen LogP contribution >= 0.6 is 0 Å². The number of aromatic amines is 1. The van der Waals surface area contributed by atoms with Gasteiger partial charge in [-0.3, -0.25) is 9.78 Å². The molecule has 0 aliphatic heterocycles. The van der Waals surface area contributed by atoms with Gasteiger partial charge in [0.05, 0.1) is 17.4 Å². The number of nitrogens with zero attached hydrogens (tertiary/aromatic N) is 4. The second-order valence-electron chi connectivity index (χ2n) is 5.61. The quantitative estimate of drug-likeness (QED) is 0.613. The summed E-state index contributed by atoms with van der Waals surface area (Å²) in [4.78, 5) is 4.71. The molecule has 0 atom stereocenters. The Kier molecular flexibility index (Phi) is 2.76. The molecule has 0 radical (unpaired) electrons. The van der Waals surface area contributed by atoms with E-state index in [1.165, 1.54) is 5.56 Å². The third kappa shape index (κ3) is 1.82. The molecule has 0 unspecified atom stereocenters. The largest absolute Gasteiger partial charge is 0.278 e. The molecule has 0 aliphatic rings. The van der Waals surface area contributed by atoms with Crippen LogP contribution in [-0.2, 0) is 6.54 Å². The lowest BCUT2D eigenvalue weighted by atomic mass is 10.0. The van der Waals surface area contributed by atoms with E-state index in [1.807, 2.05) is 29.9 Å². The molecule has 4 rings (SSSR count). The minimum absolute atomic E-state index is 0.813. The van der Waals surface area contributed by atoms with Gasteiger partial charge in [-0.15, -0.1) is 0 Å². The molecule has 0 aliphatic carbocycles. The lowest BCUT2D eigenvalue weighted by Crippen LogP contribution is -1.99. The number of aryl methyl sites for hydroxylation is 3. The predicted octanol–water partition coefficient (Wildman–Crippen LogP) is 3.61. The summed E-state index contributed by atoms with van der Waals surface area (Å²) in [5.74, 6) is 0. The molecule has 0 amide bonds. The van der Waals surface area contributed by atoms with Crippen molar-refractivity contribution in [1.82, 2.24) is 25.0 Å². The number of hydrogen-bond acceptors (Lipinski definition) is 3. The highest BCUT2D eigenvalue weighted by Crippen LogP contribution is 2.31. The smallest absolute Gasteiger partial charge is 0.117 e. The van der Waals surface area contributed by atoms with E-state index in [-0.39, 0.29) is 0 Å². The summed E-state index contributed by atoms with van der Waals surface area (Å²) in [7, 11) is 0. The van der Waals surface area contributed by atoms with Crippen molar-refractivity contribution in [2.45, 2.75) is 27.3 Å². The SMILES string of the molecule is CCn1nc2ccc(C)nc2c1-c1cc(C)c2[nH]ncc2c1. The molecule has 0 saturated carbocycles. The molecule has 110 valence electrons. The second-order valence-corrected chi connectivity index (χ2v) is 5.61. The summed E-state index contributed by atoms with van der Waals surface area (Å²) in [6.07, 6.45) is 1.86. The number of pyridine rings is 1. The first-order valence-electron chi connectivity index (χ1n) is 7.45. The summed E-state index contributed by atoms with van der Waals surface area (Å²) in [6.45, 7) is 7.02. The Hall–Kier alpha value is -2.69. The van der Waals surface area contributed by atoms with Crippen molar-refractivity contribution in [2.75, 3.05) is 0 Å². The lowest BCUT2D eigenvalue weighted by Gasteiger charge is -2.07. The van der Waals surface area contributed by atoms with Crippen LogP contribution < -0.4 is 0 Å². The van der Waals surface area contributed by atoms with Crippen molar-refractivity contribution in [3.8, 4) is 11.3 Å². The van der Waals surface area contributed by atoms with Crippen LogP contribution in [0.3, 0.4) is 0 Å². The molecule has 3 aromatic heterocycles. The number of H-pyrrole nitrogens is 1. The average Bonchev–Trinajstić information content (AvgIpc) is 3.10. The normalized spacial score (nSPS) is 11.6. The van der Waals surface area contributed by atoms with Crippen LogP contribution in [0.4, 0.5) is 0 Å². The summed E-state index contributed by atoms with van der Waals surface area (Å²) >= 11 is 0. The van der Waals surface area contributed by atoms with Crippen LogP contribution in [0.25, 0.3) is 33.2 Å². The summed E-state index contributed by atoms with van der Waals surface area (Å²) in [5.41, 5.74) is 7.37. The predicted molar refractivity (Wildman–Crippen MR) is 87.8 cm³/mol. The van der Waals surface area contributed by atoms with Crippen LogP contribution in [0.5, 0.6) is 0 Å². The lowest BCUT2D eigenvalue weighted by molar-refractivity contribution is 0.675. The molecular weight excluding hydrogens is 274 g/mol. The van der Waals surface area contributed by atoms with E-state index < -0.39 is 0 Å². The zero-order valence-corrected chi connectivity index (χ0v) is 12.9. The maximum Gasteiger partial charge on any atom is 0.117 e. The number of aromatic nitrogens is 5. The number of hydrogen-bond donors (Lipinski definition) is 1. The first-order chi connectivity index (χ1) is 10.7. The van der Waals surface area contributed by atoms with Crippen molar-refractivity contribution >= 4 is 21.9 Å². The van der Waals surface area contributed by atoms with Gasteiger partial charge in [0.15, 0.2) is 0 Å². The Morgan fingerprint density at radius 3 is 2.86 bits per heavy atom. The molecule has 0 spiro atoms. The fourth-order valence-electron chi connectivity index (χ4n) is 2.99. The van der Waals surface area contributed by atoms with Gasteiger partial charge in [0.1, 0.15) is 11.0 Å². The molecule has 3 heterocycles. The topological polar surface area (TPSA) is 59.4 Å². The zero-order valence-electron chi connectivity index (χ0n) is 12.9. The van der Waals surface area contributed by atoms with Crippen LogP contribution in [0, 0.1) is 13.8 Å². The first-order valence-corrected chi connectivity index (χ1v) is 7.45. The van der Waals surface area contributed by atoms with Crippen LogP contribution in [0.15, 0.2) is 30.5 Å². The molecule has 1 aromatic carbocycles. The number of benzene rings is 1. The number of fused-ring (bicyclic) bond motifs is 2. The molecule has 22 heavy (non-hydrogen) atoms. The summed E-state index contributed by atoms with van der Waals surface area (Å²) < 4.78 is 2.03. The van der Waals surface area contributed by atoms with Crippen molar-refractivity contribution in [2.24, 2.45) is 0 Å². The average molecular weight is 291 g/mol. The summed E-state index contributed by atoms with van der Waals surface area (Å²) in [6, 6.07) is 8.37. The Morgan fingerprint density at radius 1 is 1.18 bits per heavy atom. The molecule has 0 saturated heterocycles. The van der Waals surface area contributed by atoms with Gasteiger partial charge in [-0.25, -0.2) is 4.98 Å². The molecule has 0 bridgehead atoms. The van der Waals surface area contributed by atoms with Crippen molar-refractivity contribution in [3.63, 3.8) is 0 Å². The molecular formula is C17H17N5. The van der Waals surface area contributed by atoms with E-state index in [0.29, 0.717) is 0 Å². The van der Waals surface area contributed by atoms with Crippen LogP contribution in [0.1, 0.15) is 18.2 Å².